The molecule has 1 aliphatic rings. The third-order valence-corrected chi connectivity index (χ3v) is 4.22. The van der Waals surface area contributed by atoms with Gasteiger partial charge in [0.05, 0.1) is 5.92 Å². The minimum atomic E-state index is 0.0167. The highest BCUT2D eigenvalue weighted by molar-refractivity contribution is 5.86. The van der Waals surface area contributed by atoms with Gasteiger partial charge >= 0.3 is 0 Å². The van der Waals surface area contributed by atoms with Gasteiger partial charge in [-0.25, -0.2) is 0 Å². The smallest absolute Gasteiger partial charge is 0.230 e. The molecule has 0 bridgehead atoms. The molecule has 0 aliphatic carbocycles. The molecule has 1 amide bonds. The molecule has 104 valence electrons. The number of carbonyl (C=O) groups is 1. The second-order valence-electron chi connectivity index (χ2n) is 5.27. The molecule has 1 aromatic carbocycles. The fourth-order valence-electron chi connectivity index (χ4n) is 2.99. The van der Waals surface area contributed by atoms with Crippen LogP contribution in [0.4, 0.5) is 5.69 Å². The average Bonchev–Trinajstić information content (AvgIpc) is 2.47. The van der Waals surface area contributed by atoms with Crippen LogP contribution in [0.15, 0.2) is 24.3 Å². The molecule has 3 heteroatoms. The van der Waals surface area contributed by atoms with Gasteiger partial charge in [-0.1, -0.05) is 32.0 Å². The van der Waals surface area contributed by atoms with Gasteiger partial charge in [-0.3, -0.25) is 4.79 Å². The van der Waals surface area contributed by atoms with Gasteiger partial charge in [0, 0.05) is 25.3 Å². The summed E-state index contributed by atoms with van der Waals surface area (Å²) in [5.41, 5.74) is 2.27. The van der Waals surface area contributed by atoms with Crippen molar-refractivity contribution in [2.45, 2.75) is 45.1 Å². The second-order valence-corrected chi connectivity index (χ2v) is 5.27. The van der Waals surface area contributed by atoms with Crippen molar-refractivity contribution < 1.29 is 4.79 Å². The molecule has 19 heavy (non-hydrogen) atoms. The third-order valence-electron chi connectivity index (χ3n) is 4.22. The number of hydrogen-bond acceptors (Lipinski definition) is 2. The van der Waals surface area contributed by atoms with Gasteiger partial charge in [-0.15, -0.1) is 0 Å². The first kappa shape index (κ1) is 13.9. The van der Waals surface area contributed by atoms with Crippen LogP contribution in [-0.2, 0) is 4.79 Å². The quantitative estimate of drug-likeness (QED) is 0.901. The minimum Gasteiger partial charge on any atom is -0.385 e. The molecule has 1 aromatic rings. The number of nitrogens with one attached hydrogen (secondary N) is 1. The Morgan fingerprint density at radius 1 is 1.37 bits per heavy atom. The summed E-state index contributed by atoms with van der Waals surface area (Å²) in [5, 5.41) is 3.37. The van der Waals surface area contributed by atoms with Crippen LogP contribution in [0.5, 0.6) is 0 Å². The van der Waals surface area contributed by atoms with E-state index in [9.17, 15) is 4.79 Å². The Hall–Kier alpha value is -1.51. The van der Waals surface area contributed by atoms with E-state index in [1.165, 1.54) is 0 Å². The molecule has 0 aromatic heterocycles. The van der Waals surface area contributed by atoms with E-state index < -0.39 is 0 Å². The number of para-hydroxylation sites is 1. The summed E-state index contributed by atoms with van der Waals surface area (Å²) in [6.45, 7) is 5.17. The van der Waals surface area contributed by atoms with Crippen molar-refractivity contribution >= 4 is 11.6 Å². The van der Waals surface area contributed by atoms with E-state index in [4.69, 9.17) is 0 Å². The first-order valence-corrected chi connectivity index (χ1v) is 7.28. The first-order valence-electron chi connectivity index (χ1n) is 7.28. The summed E-state index contributed by atoms with van der Waals surface area (Å²) in [4.78, 5) is 14.7. The largest absolute Gasteiger partial charge is 0.385 e. The molecule has 1 atom stereocenters. The van der Waals surface area contributed by atoms with Gasteiger partial charge in [0.1, 0.15) is 0 Å². The van der Waals surface area contributed by atoms with Crippen molar-refractivity contribution in [3.8, 4) is 0 Å². The Labute approximate surface area is 116 Å². The highest BCUT2D eigenvalue weighted by Gasteiger charge is 2.30. The molecular formula is C16H24N2O. The maximum absolute atomic E-state index is 12.7. The van der Waals surface area contributed by atoms with Crippen molar-refractivity contribution in [1.82, 2.24) is 4.90 Å². The second kappa shape index (κ2) is 6.09. The molecule has 1 aliphatic heterocycles. The standard InChI is InChI=1S/C16H24N2O/c1-4-12(5-2)18(3)16(19)14-10-11-17-15-9-7-6-8-13(14)15/h6-9,12,14,17H,4-5,10-11H2,1-3H3. The number of likely N-dealkylation sites (N-methyl/N-ethyl adjacent to an activating group) is 1. The number of rotatable bonds is 4. The van der Waals surface area contributed by atoms with Crippen molar-refractivity contribution in [2.24, 2.45) is 0 Å². The van der Waals surface area contributed by atoms with Crippen LogP contribution in [-0.4, -0.2) is 30.4 Å². The van der Waals surface area contributed by atoms with Gasteiger partial charge in [0.15, 0.2) is 0 Å². The zero-order valence-corrected chi connectivity index (χ0v) is 12.1. The maximum Gasteiger partial charge on any atom is 0.230 e. The molecule has 1 heterocycles. The van der Waals surface area contributed by atoms with E-state index in [1.54, 1.807) is 0 Å². The predicted octanol–water partition coefficient (Wildman–Crippen LogP) is 3.23. The minimum absolute atomic E-state index is 0.0167. The van der Waals surface area contributed by atoms with Crippen molar-refractivity contribution in [3.63, 3.8) is 0 Å². The van der Waals surface area contributed by atoms with Crippen LogP contribution in [0.25, 0.3) is 0 Å². The third kappa shape index (κ3) is 2.75. The molecule has 0 spiro atoms. The van der Waals surface area contributed by atoms with Crippen LogP contribution in [0.1, 0.15) is 44.6 Å². The van der Waals surface area contributed by atoms with Gasteiger partial charge in [0.2, 0.25) is 5.91 Å². The van der Waals surface area contributed by atoms with Gasteiger partial charge in [-0.05, 0) is 30.9 Å². The molecule has 0 saturated heterocycles. The van der Waals surface area contributed by atoms with Gasteiger partial charge in [-0.2, -0.15) is 0 Å². The molecule has 1 N–H and O–H groups in total. The average molecular weight is 260 g/mol. The number of fused-ring (bicyclic) bond motifs is 1. The van der Waals surface area contributed by atoms with E-state index in [2.05, 4.69) is 31.3 Å². The van der Waals surface area contributed by atoms with E-state index in [1.807, 2.05) is 24.1 Å². The van der Waals surface area contributed by atoms with Crippen LogP contribution in [0, 0.1) is 0 Å². The lowest BCUT2D eigenvalue weighted by atomic mass is 9.89. The van der Waals surface area contributed by atoms with Crippen molar-refractivity contribution in [1.29, 1.82) is 0 Å². The fourth-order valence-corrected chi connectivity index (χ4v) is 2.99. The fraction of sp³-hybridized carbons (Fsp3) is 0.562. The highest BCUT2D eigenvalue weighted by atomic mass is 16.2. The van der Waals surface area contributed by atoms with E-state index in [0.29, 0.717) is 6.04 Å². The summed E-state index contributed by atoms with van der Waals surface area (Å²) in [6.07, 6.45) is 2.93. The zero-order chi connectivity index (χ0) is 13.8. The predicted molar refractivity (Wildman–Crippen MR) is 79.4 cm³/mol. The first-order chi connectivity index (χ1) is 9.19. The Bertz CT molecular complexity index is 440. The summed E-state index contributed by atoms with van der Waals surface area (Å²) >= 11 is 0. The number of carbonyl (C=O) groups excluding carboxylic acids is 1. The topological polar surface area (TPSA) is 32.3 Å². The van der Waals surface area contributed by atoms with Crippen LogP contribution >= 0.6 is 0 Å². The van der Waals surface area contributed by atoms with E-state index >= 15 is 0 Å². The number of nitrogens with zero attached hydrogens (tertiary/aromatic N) is 1. The number of anilines is 1. The van der Waals surface area contributed by atoms with Gasteiger partial charge < -0.3 is 10.2 Å². The lowest BCUT2D eigenvalue weighted by molar-refractivity contribution is -0.133. The molecule has 0 radical (unpaired) electrons. The number of benzene rings is 1. The SMILES string of the molecule is CCC(CC)N(C)C(=O)C1CCNc2ccccc21. The zero-order valence-electron chi connectivity index (χ0n) is 12.1. The normalized spacial score (nSPS) is 17.8. The lowest BCUT2D eigenvalue weighted by Crippen LogP contribution is -2.40. The Balaban J connectivity index is 2.21. The summed E-state index contributed by atoms with van der Waals surface area (Å²) < 4.78 is 0. The van der Waals surface area contributed by atoms with Gasteiger partial charge in [0.25, 0.3) is 0 Å². The monoisotopic (exact) mass is 260 g/mol. The number of amides is 1. The van der Waals surface area contributed by atoms with Crippen LogP contribution in [0.3, 0.4) is 0 Å². The Kier molecular flexibility index (Phi) is 4.46. The lowest BCUT2D eigenvalue weighted by Gasteiger charge is -2.33. The highest BCUT2D eigenvalue weighted by Crippen LogP contribution is 2.33. The van der Waals surface area contributed by atoms with Crippen LogP contribution < -0.4 is 5.32 Å². The molecule has 0 fully saturated rings. The molecule has 0 saturated carbocycles. The summed E-state index contributed by atoms with van der Waals surface area (Å²) in [5.74, 6) is 0.283. The number of hydrogen-bond donors (Lipinski definition) is 1. The van der Waals surface area contributed by atoms with Crippen molar-refractivity contribution in [3.05, 3.63) is 29.8 Å². The molecular weight excluding hydrogens is 236 g/mol. The maximum atomic E-state index is 12.7. The van der Waals surface area contributed by atoms with E-state index in [0.717, 1.165) is 37.1 Å². The van der Waals surface area contributed by atoms with E-state index in [-0.39, 0.29) is 11.8 Å². The Morgan fingerprint density at radius 3 is 2.74 bits per heavy atom. The molecule has 1 unspecified atom stereocenters. The molecule has 2 rings (SSSR count). The Morgan fingerprint density at radius 2 is 2.05 bits per heavy atom. The van der Waals surface area contributed by atoms with Crippen LogP contribution in [0.2, 0.25) is 0 Å². The van der Waals surface area contributed by atoms with Crippen molar-refractivity contribution in [2.75, 3.05) is 18.9 Å². The summed E-state index contributed by atoms with van der Waals surface area (Å²) in [6, 6.07) is 8.53. The summed E-state index contributed by atoms with van der Waals surface area (Å²) in [7, 11) is 1.95. The molecule has 3 nitrogen and oxygen atoms in total.